The maximum atomic E-state index is 12.5. The fourth-order valence-electron chi connectivity index (χ4n) is 3.17. The third-order valence-corrected chi connectivity index (χ3v) is 4.62. The first-order valence-electron chi connectivity index (χ1n) is 9.11. The highest BCUT2D eigenvalue weighted by Gasteiger charge is 2.36. The number of carbonyl (C=O) groups is 3. The molecule has 146 valence electrons. The Labute approximate surface area is 162 Å². The Hall–Kier alpha value is -3.35. The number of nitrogens with one attached hydrogen (secondary N) is 1. The zero-order valence-electron chi connectivity index (χ0n) is 15.6. The van der Waals surface area contributed by atoms with Crippen molar-refractivity contribution >= 4 is 23.5 Å². The Bertz CT molecular complexity index is 879. The fourth-order valence-corrected chi connectivity index (χ4v) is 3.17. The number of carboxylic acid groups (broad SMARTS) is 1. The predicted octanol–water partition coefficient (Wildman–Crippen LogP) is 2.45. The minimum atomic E-state index is -0.993. The van der Waals surface area contributed by atoms with Gasteiger partial charge in [-0.3, -0.25) is 9.59 Å². The summed E-state index contributed by atoms with van der Waals surface area (Å²) in [7, 11) is 0. The highest BCUT2D eigenvalue weighted by molar-refractivity contribution is 6.01. The van der Waals surface area contributed by atoms with E-state index in [1.165, 1.54) is 12.1 Å². The van der Waals surface area contributed by atoms with Gasteiger partial charge in [-0.05, 0) is 36.8 Å². The van der Waals surface area contributed by atoms with Crippen LogP contribution in [0.4, 0.5) is 5.69 Å². The molecule has 0 aliphatic carbocycles. The summed E-state index contributed by atoms with van der Waals surface area (Å²) in [6.07, 6.45) is 0.143. The number of amides is 2. The summed E-state index contributed by atoms with van der Waals surface area (Å²) in [5, 5.41) is 11.7. The number of rotatable bonds is 7. The van der Waals surface area contributed by atoms with Crippen molar-refractivity contribution in [2.75, 3.05) is 18.1 Å². The molecule has 1 atom stereocenters. The van der Waals surface area contributed by atoms with Crippen LogP contribution in [0.1, 0.15) is 29.3 Å². The number of hydrogen-bond acceptors (Lipinski definition) is 4. The standard InChI is InChI=1S/C21H22N2O5/c1-2-28-18-6-4-3-5-17(18)23-13-16(11-19(23)24)20(25)22-12-14-7-9-15(10-8-14)21(26)27/h3-10,16H,2,11-13H2,1H3,(H,22,25)(H,26,27). The summed E-state index contributed by atoms with van der Waals surface area (Å²) >= 11 is 0. The molecule has 28 heavy (non-hydrogen) atoms. The van der Waals surface area contributed by atoms with Crippen molar-refractivity contribution in [3.8, 4) is 5.75 Å². The van der Waals surface area contributed by atoms with Crippen molar-refractivity contribution < 1.29 is 24.2 Å². The molecule has 0 bridgehead atoms. The topological polar surface area (TPSA) is 95.9 Å². The van der Waals surface area contributed by atoms with Gasteiger partial charge in [0.25, 0.3) is 0 Å². The van der Waals surface area contributed by atoms with E-state index in [9.17, 15) is 14.4 Å². The van der Waals surface area contributed by atoms with Crippen LogP contribution in [0.5, 0.6) is 5.75 Å². The molecule has 7 nitrogen and oxygen atoms in total. The lowest BCUT2D eigenvalue weighted by Gasteiger charge is -2.20. The number of carbonyl (C=O) groups excluding carboxylic acids is 2. The van der Waals surface area contributed by atoms with E-state index < -0.39 is 11.9 Å². The van der Waals surface area contributed by atoms with Crippen LogP contribution in [0, 0.1) is 5.92 Å². The van der Waals surface area contributed by atoms with Gasteiger partial charge < -0.3 is 20.1 Å². The lowest BCUT2D eigenvalue weighted by Crippen LogP contribution is -2.32. The van der Waals surface area contributed by atoms with E-state index in [1.54, 1.807) is 23.1 Å². The van der Waals surface area contributed by atoms with E-state index in [2.05, 4.69) is 5.32 Å². The second-order valence-corrected chi connectivity index (χ2v) is 6.53. The molecule has 1 heterocycles. The van der Waals surface area contributed by atoms with Gasteiger partial charge in [0.05, 0.1) is 23.8 Å². The molecule has 0 radical (unpaired) electrons. The lowest BCUT2D eigenvalue weighted by atomic mass is 10.1. The van der Waals surface area contributed by atoms with Crippen LogP contribution in [-0.2, 0) is 16.1 Å². The van der Waals surface area contributed by atoms with Gasteiger partial charge >= 0.3 is 5.97 Å². The van der Waals surface area contributed by atoms with Crippen LogP contribution in [0.2, 0.25) is 0 Å². The number of aromatic carboxylic acids is 1. The first-order chi connectivity index (χ1) is 13.5. The first-order valence-corrected chi connectivity index (χ1v) is 9.11. The number of hydrogen-bond donors (Lipinski definition) is 2. The Morgan fingerprint density at radius 2 is 1.89 bits per heavy atom. The summed E-state index contributed by atoms with van der Waals surface area (Å²) in [5.41, 5.74) is 1.66. The monoisotopic (exact) mass is 382 g/mol. The third kappa shape index (κ3) is 4.31. The van der Waals surface area contributed by atoms with Crippen molar-refractivity contribution in [1.29, 1.82) is 0 Å². The van der Waals surface area contributed by atoms with E-state index >= 15 is 0 Å². The molecule has 2 aromatic rings. The fraction of sp³-hybridized carbons (Fsp3) is 0.286. The van der Waals surface area contributed by atoms with Crippen LogP contribution in [0.25, 0.3) is 0 Å². The maximum absolute atomic E-state index is 12.5. The molecular weight excluding hydrogens is 360 g/mol. The molecule has 1 unspecified atom stereocenters. The molecule has 1 fully saturated rings. The SMILES string of the molecule is CCOc1ccccc1N1CC(C(=O)NCc2ccc(C(=O)O)cc2)CC1=O. The molecule has 2 aromatic carbocycles. The second-order valence-electron chi connectivity index (χ2n) is 6.53. The quantitative estimate of drug-likeness (QED) is 0.767. The van der Waals surface area contributed by atoms with Crippen LogP contribution < -0.4 is 15.0 Å². The zero-order valence-corrected chi connectivity index (χ0v) is 15.6. The van der Waals surface area contributed by atoms with Gasteiger partial charge in [-0.2, -0.15) is 0 Å². The molecule has 1 aliphatic rings. The Morgan fingerprint density at radius 3 is 2.57 bits per heavy atom. The molecule has 1 saturated heterocycles. The van der Waals surface area contributed by atoms with E-state index in [1.807, 2.05) is 25.1 Å². The Kier molecular flexibility index (Phi) is 5.93. The molecule has 0 spiro atoms. The highest BCUT2D eigenvalue weighted by atomic mass is 16.5. The smallest absolute Gasteiger partial charge is 0.335 e. The van der Waals surface area contributed by atoms with Crippen LogP contribution in [0.3, 0.4) is 0 Å². The minimum Gasteiger partial charge on any atom is -0.492 e. The van der Waals surface area contributed by atoms with E-state index in [0.717, 1.165) is 5.56 Å². The molecule has 2 amide bonds. The van der Waals surface area contributed by atoms with E-state index in [-0.39, 0.29) is 30.3 Å². The van der Waals surface area contributed by atoms with Crippen LogP contribution in [0.15, 0.2) is 48.5 Å². The van der Waals surface area contributed by atoms with E-state index in [4.69, 9.17) is 9.84 Å². The van der Waals surface area contributed by atoms with Crippen LogP contribution in [-0.4, -0.2) is 36.0 Å². The summed E-state index contributed by atoms with van der Waals surface area (Å²) in [5.74, 6) is -1.13. The Morgan fingerprint density at radius 1 is 1.18 bits per heavy atom. The van der Waals surface area contributed by atoms with Crippen molar-refractivity contribution in [3.63, 3.8) is 0 Å². The normalized spacial score (nSPS) is 16.1. The minimum absolute atomic E-state index is 0.113. The number of ether oxygens (including phenoxy) is 1. The van der Waals surface area contributed by atoms with Gasteiger partial charge in [-0.15, -0.1) is 0 Å². The molecule has 1 aliphatic heterocycles. The van der Waals surface area contributed by atoms with Gasteiger partial charge in [-0.25, -0.2) is 4.79 Å². The van der Waals surface area contributed by atoms with Gasteiger partial charge in [0, 0.05) is 19.5 Å². The Balaban J connectivity index is 1.61. The van der Waals surface area contributed by atoms with E-state index in [0.29, 0.717) is 24.6 Å². The molecule has 7 heteroatoms. The zero-order chi connectivity index (χ0) is 20.1. The largest absolute Gasteiger partial charge is 0.492 e. The number of para-hydroxylation sites is 2. The molecule has 0 saturated carbocycles. The van der Waals surface area contributed by atoms with Gasteiger partial charge in [-0.1, -0.05) is 24.3 Å². The van der Waals surface area contributed by atoms with Crippen molar-refractivity contribution in [2.24, 2.45) is 5.92 Å². The molecule has 3 rings (SSSR count). The number of benzene rings is 2. The third-order valence-electron chi connectivity index (χ3n) is 4.62. The summed E-state index contributed by atoms with van der Waals surface area (Å²) in [6.45, 7) is 2.94. The summed E-state index contributed by atoms with van der Waals surface area (Å²) in [6, 6.07) is 13.6. The first kappa shape index (κ1) is 19.4. The predicted molar refractivity (Wildman–Crippen MR) is 103 cm³/mol. The molecule has 0 aromatic heterocycles. The van der Waals surface area contributed by atoms with Crippen LogP contribution >= 0.6 is 0 Å². The summed E-state index contributed by atoms with van der Waals surface area (Å²) < 4.78 is 5.59. The van der Waals surface area contributed by atoms with Crippen molar-refractivity contribution in [1.82, 2.24) is 5.32 Å². The lowest BCUT2D eigenvalue weighted by molar-refractivity contribution is -0.126. The van der Waals surface area contributed by atoms with Gasteiger partial charge in [0.15, 0.2) is 0 Å². The summed E-state index contributed by atoms with van der Waals surface area (Å²) in [4.78, 5) is 37.4. The maximum Gasteiger partial charge on any atom is 0.335 e. The molecule has 2 N–H and O–H groups in total. The van der Waals surface area contributed by atoms with Gasteiger partial charge in [0.2, 0.25) is 11.8 Å². The number of anilines is 1. The average molecular weight is 382 g/mol. The second kappa shape index (κ2) is 8.56. The van der Waals surface area contributed by atoms with Crippen molar-refractivity contribution in [2.45, 2.75) is 19.9 Å². The van der Waals surface area contributed by atoms with Gasteiger partial charge in [0.1, 0.15) is 5.75 Å². The van der Waals surface area contributed by atoms with Crippen molar-refractivity contribution in [3.05, 3.63) is 59.7 Å². The average Bonchev–Trinajstić information content (AvgIpc) is 3.09. The number of carboxylic acids is 1. The molecular formula is C21H22N2O5. The highest BCUT2D eigenvalue weighted by Crippen LogP contribution is 2.33. The number of nitrogens with zero attached hydrogens (tertiary/aromatic N) is 1.